The average Bonchev–Trinajstić information content (AvgIpc) is 2.23. The van der Waals surface area contributed by atoms with Gasteiger partial charge in [-0.3, -0.25) is 10.1 Å². The molecular weight excluding hydrogens is 204 g/mol. The highest BCUT2D eigenvalue weighted by Gasteiger charge is 1.98. The van der Waals surface area contributed by atoms with Crippen molar-refractivity contribution in [1.82, 2.24) is 10.6 Å². The lowest BCUT2D eigenvalue weighted by molar-refractivity contribution is -0.120. The normalized spacial score (nSPS) is 10.1. The molecule has 0 aromatic rings. The first kappa shape index (κ1) is 14.9. The van der Waals surface area contributed by atoms with Crippen LogP contribution >= 0.6 is 0 Å². The summed E-state index contributed by atoms with van der Waals surface area (Å²) in [5.41, 5.74) is 0. The van der Waals surface area contributed by atoms with E-state index in [0.717, 1.165) is 19.4 Å². The van der Waals surface area contributed by atoms with E-state index in [1.54, 1.807) is 0 Å². The Morgan fingerprint density at radius 3 is 2.81 bits per heavy atom. The van der Waals surface area contributed by atoms with Crippen LogP contribution in [0.5, 0.6) is 0 Å². The Balaban J connectivity index is 3.19. The summed E-state index contributed by atoms with van der Waals surface area (Å²) in [5, 5.41) is 5.63. The van der Waals surface area contributed by atoms with Crippen LogP contribution in [0.15, 0.2) is 0 Å². The second-order valence-electron chi connectivity index (χ2n) is 3.78. The standard InChI is InChI=1S/C12H22N2O2/c1-4-7-13-10-12(15)14-8-5-6-9-16-11(2)3/h1,11,13H,5-10H2,2-3H3,(H,14,15). The first-order valence-corrected chi connectivity index (χ1v) is 5.69. The Morgan fingerprint density at radius 2 is 2.19 bits per heavy atom. The molecule has 0 aromatic carbocycles. The Hall–Kier alpha value is -1.05. The first-order chi connectivity index (χ1) is 7.66. The highest BCUT2D eigenvalue weighted by molar-refractivity contribution is 5.77. The van der Waals surface area contributed by atoms with Crippen LogP contribution in [0.3, 0.4) is 0 Å². The summed E-state index contributed by atoms with van der Waals surface area (Å²) in [6, 6.07) is 0. The zero-order chi connectivity index (χ0) is 12.2. The minimum absolute atomic E-state index is 0.0139. The summed E-state index contributed by atoms with van der Waals surface area (Å²) < 4.78 is 5.38. The Kier molecular flexibility index (Phi) is 9.78. The lowest BCUT2D eigenvalue weighted by atomic mass is 10.3. The van der Waals surface area contributed by atoms with Gasteiger partial charge in [-0.2, -0.15) is 0 Å². The highest BCUT2D eigenvalue weighted by atomic mass is 16.5. The van der Waals surface area contributed by atoms with Gasteiger partial charge in [0, 0.05) is 13.2 Å². The minimum Gasteiger partial charge on any atom is -0.379 e. The predicted molar refractivity (Wildman–Crippen MR) is 65.0 cm³/mol. The van der Waals surface area contributed by atoms with Gasteiger partial charge < -0.3 is 10.1 Å². The molecule has 4 heteroatoms. The lowest BCUT2D eigenvalue weighted by Crippen LogP contribution is -2.34. The van der Waals surface area contributed by atoms with Crippen LogP contribution in [0.25, 0.3) is 0 Å². The largest absolute Gasteiger partial charge is 0.379 e. The molecule has 0 aromatic heterocycles. The molecule has 4 nitrogen and oxygen atoms in total. The van der Waals surface area contributed by atoms with Crippen LogP contribution < -0.4 is 10.6 Å². The SMILES string of the molecule is C#CCNCC(=O)NCCCCOC(C)C. The number of rotatable bonds is 9. The number of unbranched alkanes of at least 4 members (excludes halogenated alkanes) is 1. The number of carbonyl (C=O) groups is 1. The van der Waals surface area contributed by atoms with Gasteiger partial charge >= 0.3 is 0 Å². The van der Waals surface area contributed by atoms with Gasteiger partial charge in [0.2, 0.25) is 5.91 Å². The molecular formula is C12H22N2O2. The molecule has 2 N–H and O–H groups in total. The molecule has 0 rings (SSSR count). The van der Waals surface area contributed by atoms with E-state index in [1.165, 1.54) is 0 Å². The third-order valence-electron chi connectivity index (χ3n) is 1.86. The first-order valence-electron chi connectivity index (χ1n) is 5.69. The third kappa shape index (κ3) is 11.0. The summed E-state index contributed by atoms with van der Waals surface area (Å²) in [6.45, 7) is 6.18. The van der Waals surface area contributed by atoms with Crippen molar-refractivity contribution in [2.24, 2.45) is 0 Å². The van der Waals surface area contributed by atoms with E-state index in [9.17, 15) is 4.79 Å². The summed E-state index contributed by atoms with van der Waals surface area (Å²) in [7, 11) is 0. The fraction of sp³-hybridized carbons (Fsp3) is 0.750. The maximum atomic E-state index is 11.2. The summed E-state index contributed by atoms with van der Waals surface area (Å²) in [6.07, 6.45) is 7.22. The Morgan fingerprint density at radius 1 is 1.44 bits per heavy atom. The van der Waals surface area contributed by atoms with Crippen molar-refractivity contribution in [3.8, 4) is 12.3 Å². The molecule has 1 amide bonds. The molecule has 0 aliphatic carbocycles. The average molecular weight is 226 g/mol. The van der Waals surface area contributed by atoms with Crippen molar-refractivity contribution in [2.75, 3.05) is 26.2 Å². The van der Waals surface area contributed by atoms with Crippen molar-refractivity contribution in [3.05, 3.63) is 0 Å². The molecule has 0 saturated carbocycles. The number of hydrogen-bond donors (Lipinski definition) is 2. The fourth-order valence-electron chi connectivity index (χ4n) is 1.08. The highest BCUT2D eigenvalue weighted by Crippen LogP contribution is 1.93. The smallest absolute Gasteiger partial charge is 0.233 e. The van der Waals surface area contributed by atoms with E-state index < -0.39 is 0 Å². The molecule has 0 saturated heterocycles. The van der Waals surface area contributed by atoms with Crippen molar-refractivity contribution >= 4 is 5.91 Å². The van der Waals surface area contributed by atoms with Gasteiger partial charge in [0.1, 0.15) is 0 Å². The molecule has 0 atom stereocenters. The molecule has 0 aliphatic rings. The zero-order valence-corrected chi connectivity index (χ0v) is 10.2. The maximum absolute atomic E-state index is 11.2. The number of hydrogen-bond acceptors (Lipinski definition) is 3. The van der Waals surface area contributed by atoms with E-state index in [-0.39, 0.29) is 18.6 Å². The molecule has 0 unspecified atom stereocenters. The molecule has 0 fully saturated rings. The van der Waals surface area contributed by atoms with Crippen LogP contribution in [-0.2, 0) is 9.53 Å². The summed E-state index contributed by atoms with van der Waals surface area (Å²) >= 11 is 0. The number of amides is 1. The van der Waals surface area contributed by atoms with Crippen LogP contribution in [0.1, 0.15) is 26.7 Å². The molecule has 0 spiro atoms. The second kappa shape index (κ2) is 10.5. The van der Waals surface area contributed by atoms with Gasteiger partial charge in [0.25, 0.3) is 0 Å². The van der Waals surface area contributed by atoms with Crippen molar-refractivity contribution < 1.29 is 9.53 Å². The quantitative estimate of drug-likeness (QED) is 0.445. The van der Waals surface area contributed by atoms with Crippen LogP contribution in [0.2, 0.25) is 0 Å². The predicted octanol–water partition coefficient (Wildman–Crippen LogP) is 0.531. The van der Waals surface area contributed by atoms with Gasteiger partial charge in [0.05, 0.1) is 19.2 Å². The lowest BCUT2D eigenvalue weighted by Gasteiger charge is -2.08. The van der Waals surface area contributed by atoms with Gasteiger partial charge in [-0.05, 0) is 26.7 Å². The number of terminal acetylenes is 1. The van der Waals surface area contributed by atoms with Crippen LogP contribution in [0.4, 0.5) is 0 Å². The van der Waals surface area contributed by atoms with E-state index in [2.05, 4.69) is 16.6 Å². The van der Waals surface area contributed by atoms with Gasteiger partial charge in [0.15, 0.2) is 0 Å². The summed E-state index contributed by atoms with van der Waals surface area (Å²) in [4.78, 5) is 11.2. The number of ether oxygens (including phenoxy) is 1. The molecule has 0 radical (unpaired) electrons. The van der Waals surface area contributed by atoms with Crippen molar-refractivity contribution in [2.45, 2.75) is 32.8 Å². The monoisotopic (exact) mass is 226 g/mol. The maximum Gasteiger partial charge on any atom is 0.233 e. The van der Waals surface area contributed by atoms with Gasteiger partial charge in [-0.25, -0.2) is 0 Å². The Labute approximate surface area is 98.1 Å². The van der Waals surface area contributed by atoms with Gasteiger partial charge in [-0.15, -0.1) is 6.42 Å². The topological polar surface area (TPSA) is 50.4 Å². The van der Waals surface area contributed by atoms with Crippen molar-refractivity contribution in [3.63, 3.8) is 0 Å². The van der Waals surface area contributed by atoms with Crippen LogP contribution in [0, 0.1) is 12.3 Å². The third-order valence-corrected chi connectivity index (χ3v) is 1.86. The van der Waals surface area contributed by atoms with E-state index in [1.807, 2.05) is 13.8 Å². The van der Waals surface area contributed by atoms with E-state index in [4.69, 9.17) is 11.2 Å². The van der Waals surface area contributed by atoms with E-state index in [0.29, 0.717) is 13.1 Å². The van der Waals surface area contributed by atoms with E-state index >= 15 is 0 Å². The molecule has 92 valence electrons. The molecule has 16 heavy (non-hydrogen) atoms. The molecule has 0 aliphatic heterocycles. The molecule has 0 bridgehead atoms. The number of nitrogens with one attached hydrogen (secondary N) is 2. The Bertz CT molecular complexity index is 222. The number of carbonyl (C=O) groups excluding carboxylic acids is 1. The minimum atomic E-state index is -0.0139. The van der Waals surface area contributed by atoms with Crippen molar-refractivity contribution in [1.29, 1.82) is 0 Å². The molecule has 0 heterocycles. The van der Waals surface area contributed by atoms with Gasteiger partial charge in [-0.1, -0.05) is 5.92 Å². The zero-order valence-electron chi connectivity index (χ0n) is 10.2. The fourth-order valence-corrected chi connectivity index (χ4v) is 1.08. The second-order valence-corrected chi connectivity index (χ2v) is 3.78. The summed E-state index contributed by atoms with van der Waals surface area (Å²) in [5.74, 6) is 2.40. The van der Waals surface area contributed by atoms with Crippen LogP contribution in [-0.4, -0.2) is 38.3 Å².